The van der Waals surface area contributed by atoms with Gasteiger partial charge in [0, 0.05) is 23.6 Å². The van der Waals surface area contributed by atoms with E-state index < -0.39 is 169 Å². The lowest BCUT2D eigenvalue weighted by atomic mass is 9.96. The smallest absolute Gasteiger partial charge is 0.328 e. The SMILES string of the molecule is CC[C@H](C)[C@H](NC(=O)[C@@H](N)Cc1c[nH]c2ccccc12)C(=O)N[C@@H](CC(N)=O)C(=O)N[C@H](C(=O)N[C@@H](CCCCN)C(=O)N[C@H](C(=O)NCC(=O)N[C@@H](CC(N)=O)C(=O)N1CCC[C@H]1C(=O)N[C@H](C(=O)O)[C@@H](C)O)[C@@H](C)O)[C@@H](C)O. The third-order valence-corrected chi connectivity index (χ3v) is 13.3. The predicted octanol–water partition coefficient (Wildman–Crippen LogP) is -6.31. The lowest BCUT2D eigenvalue weighted by Crippen LogP contribution is -2.62. The van der Waals surface area contributed by atoms with E-state index >= 15 is 0 Å². The summed E-state index contributed by atoms with van der Waals surface area (Å²) in [7, 11) is 0. The number of carboxylic acid groups (broad SMARTS) is 1. The molecular formula is C50H78N14O16. The van der Waals surface area contributed by atoms with Crippen molar-refractivity contribution in [1.29, 1.82) is 0 Å². The van der Waals surface area contributed by atoms with E-state index in [2.05, 4.69) is 47.5 Å². The number of hydrogen-bond donors (Lipinski definition) is 17. The van der Waals surface area contributed by atoms with E-state index in [4.69, 9.17) is 22.9 Å². The largest absolute Gasteiger partial charge is 0.480 e. The van der Waals surface area contributed by atoms with Crippen LogP contribution in [-0.4, -0.2) is 194 Å². The number of fused-ring (bicyclic) bond motifs is 1. The molecule has 3 rings (SSSR count). The summed E-state index contributed by atoms with van der Waals surface area (Å²) in [6.45, 7) is 5.93. The molecule has 1 saturated heterocycles. The predicted molar refractivity (Wildman–Crippen MR) is 284 cm³/mol. The fraction of sp³-hybridized carbons (Fsp3) is 0.600. The number of aromatic amines is 1. The molecule has 11 amide bonds. The topological polar surface area (TPSA) is 505 Å². The number of nitrogens with two attached hydrogens (primary N) is 4. The zero-order valence-electron chi connectivity index (χ0n) is 45.3. The fourth-order valence-electron chi connectivity index (χ4n) is 8.67. The van der Waals surface area contributed by atoms with Crippen LogP contribution in [0.1, 0.15) is 91.5 Å². The number of aromatic nitrogens is 1. The van der Waals surface area contributed by atoms with Crippen LogP contribution >= 0.6 is 0 Å². The van der Waals surface area contributed by atoms with E-state index in [0.29, 0.717) is 12.8 Å². The maximum atomic E-state index is 13.9. The van der Waals surface area contributed by atoms with E-state index in [1.165, 1.54) is 0 Å². The number of rotatable bonds is 33. The Kier molecular flexibility index (Phi) is 26.3. The number of amides is 11. The minimum absolute atomic E-state index is 0.0479. The molecule has 0 spiro atoms. The summed E-state index contributed by atoms with van der Waals surface area (Å²) in [5.74, 6) is -13.3. The van der Waals surface area contributed by atoms with Crippen molar-refractivity contribution < 1.29 is 78.0 Å². The Morgan fingerprint density at radius 1 is 0.675 bits per heavy atom. The van der Waals surface area contributed by atoms with Gasteiger partial charge in [0.1, 0.15) is 42.3 Å². The first-order valence-corrected chi connectivity index (χ1v) is 26.2. The first-order chi connectivity index (χ1) is 37.6. The number of benzene rings is 1. The van der Waals surface area contributed by atoms with Gasteiger partial charge >= 0.3 is 5.97 Å². The van der Waals surface area contributed by atoms with Gasteiger partial charge in [-0.2, -0.15) is 0 Å². The van der Waals surface area contributed by atoms with Crippen molar-refractivity contribution in [2.75, 3.05) is 19.6 Å². The second kappa shape index (κ2) is 31.7. The third-order valence-electron chi connectivity index (χ3n) is 13.3. The third kappa shape index (κ3) is 19.8. The molecule has 1 aliphatic rings. The van der Waals surface area contributed by atoms with Crippen molar-refractivity contribution in [3.63, 3.8) is 0 Å². The molecule has 444 valence electrons. The normalized spacial score (nSPS) is 17.7. The standard InChI is InChI=1S/C50H78N14O16/c1-6-23(2)38(60-42(71)29(52)18-27-21-55-30-13-8-7-12-28(27)30)47(76)59-32(19-35(53)68)44(73)62-40(25(4)66)48(77)58-31(14-9-10-16-51)43(72)61-39(24(3)65)46(75)56-22-37(70)57-33(20-36(54)69)49(78)64-17-11-15-34(64)45(74)63-41(26(5)67)50(79)80/h7-8,12-13,21,23-26,29,31-34,38-41,55,65-67H,6,9-11,14-20,22,51-52H2,1-5H3,(H2,53,68)(H2,54,69)(H,56,75)(H,57,70)(H,58,77)(H,59,76)(H,60,71)(H,61,72)(H,62,73)(H,63,74)(H,79,80)/t23-,24+,25+,26+,29-,31-,32-,33-,34-,38-,39-,40-,41-/m0/s1. The lowest BCUT2D eigenvalue weighted by Gasteiger charge is -2.29. The van der Waals surface area contributed by atoms with Crippen molar-refractivity contribution >= 4 is 81.9 Å². The zero-order chi connectivity index (χ0) is 60.1. The number of aliphatic hydroxyl groups excluding tert-OH is 3. The lowest BCUT2D eigenvalue weighted by molar-refractivity contribution is -0.147. The highest BCUT2D eigenvalue weighted by Gasteiger charge is 2.41. The van der Waals surface area contributed by atoms with Crippen molar-refractivity contribution in [2.24, 2.45) is 28.9 Å². The molecule has 0 saturated carbocycles. The molecule has 0 radical (unpaired) electrons. The van der Waals surface area contributed by atoms with Crippen molar-refractivity contribution in [1.82, 2.24) is 52.4 Å². The average molecular weight is 1130 g/mol. The molecule has 30 heteroatoms. The van der Waals surface area contributed by atoms with Crippen LogP contribution in [-0.2, 0) is 64.0 Å². The monoisotopic (exact) mass is 1130 g/mol. The van der Waals surface area contributed by atoms with E-state index in [9.17, 15) is 78.0 Å². The molecule has 21 N–H and O–H groups in total. The molecule has 0 aliphatic carbocycles. The van der Waals surface area contributed by atoms with Crippen molar-refractivity contribution in [3.8, 4) is 0 Å². The number of carbonyl (C=O) groups excluding carboxylic acids is 11. The van der Waals surface area contributed by atoms with Gasteiger partial charge in [0.25, 0.3) is 0 Å². The number of unbranched alkanes of at least 4 members (excludes halogenated alkanes) is 1. The number of H-pyrrole nitrogens is 1. The second-order valence-corrected chi connectivity index (χ2v) is 19.8. The highest BCUT2D eigenvalue weighted by molar-refractivity contribution is 6.00. The van der Waals surface area contributed by atoms with Crippen LogP contribution in [0.25, 0.3) is 10.9 Å². The number of aliphatic hydroxyl groups is 3. The highest BCUT2D eigenvalue weighted by atomic mass is 16.4. The van der Waals surface area contributed by atoms with Crippen molar-refractivity contribution in [3.05, 3.63) is 36.0 Å². The van der Waals surface area contributed by atoms with E-state index in [1.807, 2.05) is 24.3 Å². The summed E-state index contributed by atoms with van der Waals surface area (Å²) >= 11 is 0. The van der Waals surface area contributed by atoms with Gasteiger partial charge in [-0.3, -0.25) is 52.7 Å². The quantitative estimate of drug-likeness (QED) is 0.0296. The molecule has 0 bridgehead atoms. The Balaban J connectivity index is 1.73. The van der Waals surface area contributed by atoms with Gasteiger partial charge in [0.05, 0.1) is 43.7 Å². The number of primary amides is 2. The summed E-state index contributed by atoms with van der Waals surface area (Å²) in [6, 6.07) is -6.69. The summed E-state index contributed by atoms with van der Waals surface area (Å²) in [4.78, 5) is 162. The summed E-state index contributed by atoms with van der Waals surface area (Å²) in [6.07, 6.45) is -3.59. The molecule has 30 nitrogen and oxygen atoms in total. The number of carboxylic acids is 1. The maximum Gasteiger partial charge on any atom is 0.328 e. The van der Waals surface area contributed by atoms with E-state index in [1.54, 1.807) is 20.0 Å². The number of likely N-dealkylation sites (tertiary alicyclic amines) is 1. The Labute approximate surface area is 460 Å². The number of aliphatic carboxylic acids is 1. The van der Waals surface area contributed by atoms with Gasteiger partial charge in [0.2, 0.25) is 65.0 Å². The highest BCUT2D eigenvalue weighted by Crippen LogP contribution is 2.21. The minimum Gasteiger partial charge on any atom is -0.480 e. The van der Waals surface area contributed by atoms with E-state index in [-0.39, 0.29) is 45.2 Å². The van der Waals surface area contributed by atoms with Gasteiger partial charge < -0.3 is 95.8 Å². The molecule has 1 fully saturated rings. The molecule has 1 aromatic carbocycles. The zero-order valence-corrected chi connectivity index (χ0v) is 45.3. The van der Waals surface area contributed by atoms with Crippen LogP contribution in [0.5, 0.6) is 0 Å². The number of hydrogen-bond acceptors (Lipinski definition) is 17. The molecule has 80 heavy (non-hydrogen) atoms. The first-order valence-electron chi connectivity index (χ1n) is 26.2. The van der Waals surface area contributed by atoms with Crippen LogP contribution in [0.15, 0.2) is 30.5 Å². The number of nitrogens with one attached hydrogen (secondary N) is 9. The van der Waals surface area contributed by atoms with Crippen LogP contribution in [0, 0.1) is 5.92 Å². The molecular weight excluding hydrogens is 1050 g/mol. The molecule has 0 unspecified atom stereocenters. The van der Waals surface area contributed by atoms with Gasteiger partial charge in [-0.15, -0.1) is 0 Å². The number of para-hydroxylation sites is 1. The fourth-order valence-corrected chi connectivity index (χ4v) is 8.67. The Hall–Kier alpha value is -7.80. The molecule has 2 heterocycles. The molecule has 13 atom stereocenters. The van der Waals surface area contributed by atoms with Gasteiger partial charge in [-0.25, -0.2) is 4.79 Å². The van der Waals surface area contributed by atoms with Crippen LogP contribution in [0.3, 0.4) is 0 Å². The minimum atomic E-state index is -1.88. The molecule has 2 aromatic rings. The number of nitrogens with zero attached hydrogens (tertiary/aromatic N) is 1. The Bertz CT molecular complexity index is 2540. The number of carbonyl (C=O) groups is 12. The maximum absolute atomic E-state index is 13.9. The summed E-state index contributed by atoms with van der Waals surface area (Å²) in [5, 5.41) is 60.1. The Morgan fingerprint density at radius 2 is 1.23 bits per heavy atom. The molecule has 1 aliphatic heterocycles. The van der Waals surface area contributed by atoms with Gasteiger partial charge in [-0.05, 0) is 83.4 Å². The van der Waals surface area contributed by atoms with Gasteiger partial charge in [-0.1, -0.05) is 38.5 Å². The van der Waals surface area contributed by atoms with E-state index in [0.717, 1.165) is 42.1 Å². The Morgan fingerprint density at radius 3 is 1.80 bits per heavy atom. The van der Waals surface area contributed by atoms with Crippen LogP contribution < -0.4 is 65.5 Å². The average Bonchev–Trinajstić information content (AvgIpc) is 4.06. The summed E-state index contributed by atoms with van der Waals surface area (Å²) in [5.41, 5.74) is 24.3. The summed E-state index contributed by atoms with van der Waals surface area (Å²) < 4.78 is 0. The van der Waals surface area contributed by atoms with Gasteiger partial charge in [0.15, 0.2) is 6.04 Å². The van der Waals surface area contributed by atoms with Crippen molar-refractivity contribution in [2.45, 2.75) is 165 Å². The van der Waals surface area contributed by atoms with Crippen LogP contribution in [0.2, 0.25) is 0 Å². The van der Waals surface area contributed by atoms with Crippen LogP contribution in [0.4, 0.5) is 0 Å². The second-order valence-electron chi connectivity index (χ2n) is 19.8. The molecule has 1 aromatic heterocycles. The first kappa shape index (κ1) is 66.5.